The molecule has 2 aromatic rings. The highest BCUT2D eigenvalue weighted by molar-refractivity contribution is 9.10. The fourth-order valence-corrected chi connectivity index (χ4v) is 4.19. The SMILES string of the molecule is CCOC(=O)C1=Cc2cc(Br)ccc2OC1(Sc1ccc(C)cc1)C(F)(F)F. The van der Waals surface area contributed by atoms with Crippen LogP contribution in [-0.4, -0.2) is 23.7 Å². The molecule has 1 heterocycles. The molecule has 28 heavy (non-hydrogen) atoms. The molecule has 0 N–H and O–H groups in total. The summed E-state index contributed by atoms with van der Waals surface area (Å²) in [7, 11) is 0. The lowest BCUT2D eigenvalue weighted by molar-refractivity contribution is -0.201. The van der Waals surface area contributed by atoms with Gasteiger partial charge in [-0.25, -0.2) is 4.79 Å². The van der Waals surface area contributed by atoms with Gasteiger partial charge in [-0.3, -0.25) is 0 Å². The molecule has 0 aliphatic carbocycles. The number of fused-ring (bicyclic) bond motifs is 1. The number of rotatable bonds is 4. The molecule has 0 saturated heterocycles. The Hall–Kier alpha value is -1.93. The maximum atomic E-state index is 14.4. The van der Waals surface area contributed by atoms with Gasteiger partial charge in [0.25, 0.3) is 4.93 Å². The lowest BCUT2D eigenvalue weighted by Gasteiger charge is -2.39. The Morgan fingerprint density at radius 2 is 1.89 bits per heavy atom. The zero-order valence-corrected chi connectivity index (χ0v) is 17.4. The minimum Gasteiger partial charge on any atom is -0.462 e. The normalized spacial score (nSPS) is 18.7. The third-order valence-electron chi connectivity index (χ3n) is 4.03. The number of ether oxygens (including phenoxy) is 2. The average molecular weight is 473 g/mol. The highest BCUT2D eigenvalue weighted by Gasteiger charge is 2.64. The fraction of sp³-hybridized carbons (Fsp3) is 0.250. The first kappa shape index (κ1) is 20.8. The Labute approximate surface area is 173 Å². The zero-order valence-electron chi connectivity index (χ0n) is 15.0. The van der Waals surface area contributed by atoms with Crippen molar-refractivity contribution in [3.8, 4) is 5.75 Å². The van der Waals surface area contributed by atoms with E-state index in [9.17, 15) is 18.0 Å². The van der Waals surface area contributed by atoms with E-state index in [1.807, 2.05) is 6.92 Å². The molecular weight excluding hydrogens is 457 g/mol. The number of hydrogen-bond donors (Lipinski definition) is 0. The third kappa shape index (κ3) is 3.93. The van der Waals surface area contributed by atoms with Crippen LogP contribution in [0, 0.1) is 6.92 Å². The fourth-order valence-electron chi connectivity index (χ4n) is 2.70. The minimum absolute atomic E-state index is 0.0354. The Morgan fingerprint density at radius 1 is 1.21 bits per heavy atom. The number of esters is 1. The smallest absolute Gasteiger partial charge is 0.443 e. The van der Waals surface area contributed by atoms with Gasteiger partial charge in [-0.1, -0.05) is 45.4 Å². The molecule has 0 spiro atoms. The Morgan fingerprint density at radius 3 is 2.50 bits per heavy atom. The summed E-state index contributed by atoms with van der Waals surface area (Å²) in [6.07, 6.45) is -3.69. The zero-order chi connectivity index (χ0) is 20.5. The van der Waals surface area contributed by atoms with Crippen molar-refractivity contribution in [3.63, 3.8) is 0 Å². The van der Waals surface area contributed by atoms with E-state index in [0.29, 0.717) is 26.7 Å². The Kier molecular flexibility index (Phi) is 5.82. The molecule has 2 aromatic carbocycles. The Bertz CT molecular complexity index is 925. The summed E-state index contributed by atoms with van der Waals surface area (Å²) in [5.74, 6) is -1.03. The topological polar surface area (TPSA) is 35.5 Å². The summed E-state index contributed by atoms with van der Waals surface area (Å²) < 4.78 is 54.2. The summed E-state index contributed by atoms with van der Waals surface area (Å²) in [6, 6.07) is 11.1. The largest absolute Gasteiger partial charge is 0.462 e. The molecule has 1 aliphatic rings. The van der Waals surface area contributed by atoms with Crippen LogP contribution in [0.4, 0.5) is 13.2 Å². The van der Waals surface area contributed by atoms with Crippen LogP contribution in [0.15, 0.2) is 57.4 Å². The van der Waals surface area contributed by atoms with E-state index >= 15 is 0 Å². The van der Waals surface area contributed by atoms with Gasteiger partial charge in [0.05, 0.1) is 6.61 Å². The number of halogens is 4. The lowest BCUT2D eigenvalue weighted by atomic mass is 10.0. The van der Waals surface area contributed by atoms with Crippen LogP contribution >= 0.6 is 27.7 Å². The van der Waals surface area contributed by atoms with E-state index in [-0.39, 0.29) is 12.4 Å². The predicted octanol–water partition coefficient (Wildman–Crippen LogP) is 6.15. The van der Waals surface area contributed by atoms with Gasteiger partial charge < -0.3 is 9.47 Å². The number of alkyl halides is 3. The van der Waals surface area contributed by atoms with E-state index in [2.05, 4.69) is 15.9 Å². The van der Waals surface area contributed by atoms with Crippen molar-refractivity contribution in [2.24, 2.45) is 0 Å². The number of hydrogen-bond acceptors (Lipinski definition) is 4. The lowest BCUT2D eigenvalue weighted by Crippen LogP contribution is -2.52. The number of carbonyl (C=O) groups excluding carboxylic acids is 1. The monoisotopic (exact) mass is 472 g/mol. The number of thioether (sulfide) groups is 1. The van der Waals surface area contributed by atoms with Crippen molar-refractivity contribution >= 4 is 39.7 Å². The highest BCUT2D eigenvalue weighted by atomic mass is 79.9. The van der Waals surface area contributed by atoms with Gasteiger partial charge in [-0.2, -0.15) is 13.2 Å². The van der Waals surface area contributed by atoms with Crippen molar-refractivity contribution in [2.45, 2.75) is 29.9 Å². The van der Waals surface area contributed by atoms with Crippen LogP contribution in [0.1, 0.15) is 18.1 Å². The number of carbonyl (C=O) groups is 1. The molecule has 0 amide bonds. The molecular formula is C20H16BrF3O3S. The van der Waals surface area contributed by atoms with E-state index < -0.39 is 22.7 Å². The average Bonchev–Trinajstić information content (AvgIpc) is 2.62. The summed E-state index contributed by atoms with van der Waals surface area (Å²) >= 11 is 3.71. The van der Waals surface area contributed by atoms with Gasteiger partial charge in [0.2, 0.25) is 0 Å². The quantitative estimate of drug-likeness (QED) is 0.500. The molecule has 148 valence electrons. The first-order valence-corrected chi connectivity index (χ1v) is 9.97. The molecule has 0 radical (unpaired) electrons. The van der Waals surface area contributed by atoms with Crippen LogP contribution in [0.5, 0.6) is 5.75 Å². The molecule has 8 heteroatoms. The maximum absolute atomic E-state index is 14.4. The maximum Gasteiger partial charge on any atom is 0.443 e. The second kappa shape index (κ2) is 7.83. The van der Waals surface area contributed by atoms with Gasteiger partial charge in [-0.05, 0) is 50.3 Å². The van der Waals surface area contributed by atoms with Crippen LogP contribution in [0.2, 0.25) is 0 Å². The van der Waals surface area contributed by atoms with Crippen molar-refractivity contribution in [1.82, 2.24) is 0 Å². The van der Waals surface area contributed by atoms with Crippen LogP contribution < -0.4 is 4.74 Å². The molecule has 0 fully saturated rings. The highest BCUT2D eigenvalue weighted by Crippen LogP contribution is 2.54. The molecule has 0 aromatic heterocycles. The van der Waals surface area contributed by atoms with Gasteiger partial charge >= 0.3 is 12.1 Å². The summed E-state index contributed by atoms with van der Waals surface area (Å²) in [6.45, 7) is 3.32. The molecule has 0 bridgehead atoms. The summed E-state index contributed by atoms with van der Waals surface area (Å²) in [5.41, 5.74) is 0.672. The van der Waals surface area contributed by atoms with Crippen LogP contribution in [-0.2, 0) is 9.53 Å². The molecule has 0 saturated carbocycles. The van der Waals surface area contributed by atoms with Gasteiger partial charge in [0, 0.05) is 14.9 Å². The molecule has 1 aliphatic heterocycles. The van der Waals surface area contributed by atoms with Crippen molar-refractivity contribution in [2.75, 3.05) is 6.61 Å². The number of benzene rings is 2. The predicted molar refractivity (Wildman–Crippen MR) is 105 cm³/mol. The Balaban J connectivity index is 2.19. The standard InChI is InChI=1S/C20H16BrF3O3S/c1-3-26-18(25)16-11-13-10-14(21)6-9-17(13)27-19(16,20(22,23)24)28-15-7-4-12(2)5-8-15/h4-11H,3H2,1-2H3. The van der Waals surface area contributed by atoms with Gasteiger partial charge in [-0.15, -0.1) is 0 Å². The molecule has 1 atom stereocenters. The van der Waals surface area contributed by atoms with Crippen molar-refractivity contribution in [3.05, 3.63) is 63.6 Å². The second-order valence-electron chi connectivity index (χ2n) is 6.09. The van der Waals surface area contributed by atoms with Crippen molar-refractivity contribution < 1.29 is 27.4 Å². The molecule has 3 rings (SSSR count). The minimum atomic E-state index is -4.88. The van der Waals surface area contributed by atoms with E-state index in [1.54, 1.807) is 36.4 Å². The van der Waals surface area contributed by atoms with Gasteiger partial charge in [0.15, 0.2) is 0 Å². The molecule has 1 unspecified atom stereocenters. The second-order valence-corrected chi connectivity index (χ2v) is 8.26. The first-order chi connectivity index (χ1) is 13.2. The van der Waals surface area contributed by atoms with Crippen LogP contribution in [0.25, 0.3) is 6.08 Å². The molecule has 3 nitrogen and oxygen atoms in total. The van der Waals surface area contributed by atoms with E-state index in [1.165, 1.54) is 19.1 Å². The van der Waals surface area contributed by atoms with Crippen molar-refractivity contribution in [1.29, 1.82) is 0 Å². The summed E-state index contributed by atoms with van der Waals surface area (Å²) in [4.78, 5) is 9.90. The van der Waals surface area contributed by atoms with E-state index in [0.717, 1.165) is 5.56 Å². The van der Waals surface area contributed by atoms with Gasteiger partial charge in [0.1, 0.15) is 11.3 Å². The van der Waals surface area contributed by atoms with E-state index in [4.69, 9.17) is 9.47 Å². The third-order valence-corrected chi connectivity index (χ3v) is 5.85. The first-order valence-electron chi connectivity index (χ1n) is 8.36. The summed E-state index contributed by atoms with van der Waals surface area (Å²) in [5, 5.41) is 0. The van der Waals surface area contributed by atoms with Crippen LogP contribution in [0.3, 0.4) is 0 Å². The number of aryl methyl sites for hydroxylation is 1.